The monoisotopic (exact) mass is 514 g/mol. The van der Waals surface area contributed by atoms with Crippen LogP contribution >= 0.6 is 0 Å². The zero-order valence-electron chi connectivity index (χ0n) is 21.6. The smallest absolute Gasteiger partial charge is 0.265 e. The van der Waals surface area contributed by atoms with E-state index in [4.69, 9.17) is 10.5 Å². The molecule has 1 aliphatic rings. The molecule has 1 aliphatic heterocycles. The van der Waals surface area contributed by atoms with Crippen LogP contribution in [0.3, 0.4) is 0 Å². The van der Waals surface area contributed by atoms with Crippen molar-refractivity contribution < 1.29 is 14.6 Å². The van der Waals surface area contributed by atoms with Crippen LogP contribution in [0.25, 0.3) is 34.2 Å². The number of hydrogen-bond acceptors (Lipinski definition) is 6. The number of aromatic nitrogens is 3. The minimum atomic E-state index is -0.481. The van der Waals surface area contributed by atoms with Crippen molar-refractivity contribution in [2.75, 3.05) is 57.4 Å². The number of nitrogens with one attached hydrogen (secondary N) is 1. The number of amides is 1. The number of aliphatic hydroxyl groups excluding tert-OH is 1. The number of H-pyrrole nitrogens is 1. The second-order valence-electron chi connectivity index (χ2n) is 9.48. The topological polar surface area (TPSA) is 113 Å². The van der Waals surface area contributed by atoms with Gasteiger partial charge in [0.25, 0.3) is 5.91 Å². The Balaban J connectivity index is 1.52. The third-order valence-corrected chi connectivity index (χ3v) is 7.08. The largest absolute Gasteiger partial charge is 0.395 e. The lowest BCUT2D eigenvalue weighted by molar-refractivity contribution is 0.0391. The average molecular weight is 515 g/mol. The number of hydrogen-bond donors (Lipinski definition) is 3. The van der Waals surface area contributed by atoms with Gasteiger partial charge >= 0.3 is 0 Å². The molecule has 2 aromatic carbocycles. The van der Waals surface area contributed by atoms with E-state index in [1.807, 2.05) is 61.8 Å². The minimum Gasteiger partial charge on any atom is -0.395 e. The van der Waals surface area contributed by atoms with Crippen LogP contribution in [0, 0.1) is 0 Å². The molecule has 1 fully saturated rings. The fraction of sp³-hybridized carbons (Fsp3) is 0.310. The van der Waals surface area contributed by atoms with Crippen LogP contribution in [0.15, 0.2) is 54.7 Å². The molecule has 0 unspecified atom stereocenters. The number of nitrogens with two attached hydrogens (primary N) is 1. The molecule has 38 heavy (non-hydrogen) atoms. The third kappa shape index (κ3) is 5.50. The first-order valence-electron chi connectivity index (χ1n) is 12.9. The number of nitrogens with zero attached hydrogens (tertiary/aromatic N) is 4. The van der Waals surface area contributed by atoms with Gasteiger partial charge in [-0.2, -0.15) is 5.10 Å². The van der Waals surface area contributed by atoms with Gasteiger partial charge in [-0.25, -0.2) is 0 Å². The first-order valence-corrected chi connectivity index (χ1v) is 12.9. The average Bonchev–Trinajstić information content (AvgIpc) is 3.53. The first-order chi connectivity index (χ1) is 18.5. The Morgan fingerprint density at radius 1 is 1.13 bits per heavy atom. The number of aliphatic hydroxyl groups is 1. The molecule has 198 valence electrons. The molecule has 9 nitrogen and oxygen atoms in total. The molecule has 9 heteroatoms. The molecule has 0 bridgehead atoms. The Bertz CT molecular complexity index is 1430. The van der Waals surface area contributed by atoms with Crippen molar-refractivity contribution in [3.05, 3.63) is 71.7 Å². The van der Waals surface area contributed by atoms with E-state index in [9.17, 15) is 9.90 Å². The number of anilines is 1. The van der Waals surface area contributed by atoms with Gasteiger partial charge in [0.15, 0.2) is 0 Å². The third-order valence-electron chi connectivity index (χ3n) is 7.08. The zero-order valence-corrected chi connectivity index (χ0v) is 21.6. The van der Waals surface area contributed by atoms with Crippen LogP contribution in [-0.2, 0) is 11.8 Å². The predicted molar refractivity (Wildman–Crippen MR) is 151 cm³/mol. The van der Waals surface area contributed by atoms with Crippen molar-refractivity contribution in [1.82, 2.24) is 19.7 Å². The van der Waals surface area contributed by atoms with Crippen LogP contribution in [0.5, 0.6) is 0 Å². The van der Waals surface area contributed by atoms with Crippen molar-refractivity contribution in [3.8, 4) is 11.1 Å². The number of carbonyl (C=O) groups is 1. The first kappa shape index (κ1) is 25.7. The van der Waals surface area contributed by atoms with Gasteiger partial charge in [0, 0.05) is 62.6 Å². The van der Waals surface area contributed by atoms with Crippen molar-refractivity contribution in [1.29, 1.82) is 0 Å². The number of morpholine rings is 1. The summed E-state index contributed by atoms with van der Waals surface area (Å²) >= 11 is 0. The van der Waals surface area contributed by atoms with E-state index in [-0.39, 0.29) is 6.61 Å². The normalized spacial score (nSPS) is 14.5. The fourth-order valence-electron chi connectivity index (χ4n) is 5.03. The van der Waals surface area contributed by atoms with Crippen molar-refractivity contribution in [2.45, 2.75) is 0 Å². The Morgan fingerprint density at radius 3 is 2.74 bits per heavy atom. The van der Waals surface area contributed by atoms with E-state index in [1.54, 1.807) is 4.57 Å². The van der Waals surface area contributed by atoms with Crippen LogP contribution in [0.2, 0.25) is 0 Å². The summed E-state index contributed by atoms with van der Waals surface area (Å²) in [7, 11) is 1.82. The van der Waals surface area contributed by atoms with E-state index in [1.165, 1.54) is 0 Å². The van der Waals surface area contributed by atoms with E-state index < -0.39 is 5.91 Å². The van der Waals surface area contributed by atoms with Gasteiger partial charge < -0.3 is 25.0 Å². The van der Waals surface area contributed by atoms with Crippen molar-refractivity contribution >= 4 is 34.6 Å². The van der Waals surface area contributed by atoms with E-state index >= 15 is 0 Å². The zero-order chi connectivity index (χ0) is 26.5. The summed E-state index contributed by atoms with van der Waals surface area (Å²) in [5.74, 6) is -0.481. The molecule has 2 aromatic heterocycles. The quantitative estimate of drug-likeness (QED) is 0.300. The molecule has 0 aliphatic carbocycles. The van der Waals surface area contributed by atoms with Crippen LogP contribution in [0.4, 0.5) is 5.69 Å². The van der Waals surface area contributed by atoms with Gasteiger partial charge in [-0.3, -0.25) is 14.8 Å². The summed E-state index contributed by atoms with van der Waals surface area (Å²) in [5, 5.41) is 18.4. The predicted octanol–water partition coefficient (Wildman–Crippen LogP) is 2.97. The number of ether oxygens (including phenoxy) is 1. The van der Waals surface area contributed by atoms with Gasteiger partial charge in [-0.1, -0.05) is 30.3 Å². The molecular formula is C29H34N6O3. The number of carbonyl (C=O) groups excluding carboxylic acids is 1. The highest BCUT2D eigenvalue weighted by atomic mass is 16.5. The van der Waals surface area contributed by atoms with Crippen LogP contribution in [-0.4, -0.2) is 83.2 Å². The Kier molecular flexibility index (Phi) is 7.88. The van der Waals surface area contributed by atoms with E-state index in [0.29, 0.717) is 12.2 Å². The summed E-state index contributed by atoms with van der Waals surface area (Å²) in [4.78, 5) is 16.9. The molecule has 0 spiro atoms. The maximum Gasteiger partial charge on any atom is 0.265 e. The number of para-hydroxylation sites is 1. The Hall–Kier alpha value is -3.92. The lowest BCUT2D eigenvalue weighted by Crippen LogP contribution is -2.42. The second kappa shape index (κ2) is 11.6. The molecular weight excluding hydrogens is 480 g/mol. The fourth-order valence-corrected chi connectivity index (χ4v) is 5.03. The van der Waals surface area contributed by atoms with Gasteiger partial charge in [0.05, 0.1) is 31.0 Å². The molecule has 0 saturated carbocycles. The van der Waals surface area contributed by atoms with Crippen LogP contribution in [0.1, 0.15) is 21.7 Å². The molecule has 1 amide bonds. The molecule has 3 heterocycles. The van der Waals surface area contributed by atoms with E-state index in [0.717, 1.165) is 78.4 Å². The highest BCUT2D eigenvalue weighted by Gasteiger charge is 2.19. The number of fused-ring (bicyclic) bond motifs is 1. The van der Waals surface area contributed by atoms with Gasteiger partial charge in [0.1, 0.15) is 5.69 Å². The Labute approximate surface area is 222 Å². The van der Waals surface area contributed by atoms with E-state index in [2.05, 4.69) is 32.1 Å². The number of benzene rings is 2. The summed E-state index contributed by atoms with van der Waals surface area (Å²) in [5.41, 5.74) is 11.6. The van der Waals surface area contributed by atoms with Gasteiger partial charge in [-0.15, -0.1) is 0 Å². The molecule has 5 rings (SSSR count). The Morgan fingerprint density at radius 2 is 1.95 bits per heavy atom. The number of primary amides is 1. The second-order valence-corrected chi connectivity index (χ2v) is 9.48. The summed E-state index contributed by atoms with van der Waals surface area (Å²) in [6.07, 6.45) is 5.85. The van der Waals surface area contributed by atoms with Gasteiger partial charge in [-0.05, 0) is 41.5 Å². The lowest BCUT2D eigenvalue weighted by Gasteiger charge is -2.31. The maximum atomic E-state index is 12.4. The summed E-state index contributed by atoms with van der Waals surface area (Å²) in [6, 6.07) is 16.1. The lowest BCUT2D eigenvalue weighted by atomic mass is 9.97. The molecule has 0 radical (unpaired) electrons. The summed E-state index contributed by atoms with van der Waals surface area (Å²) < 4.78 is 7.23. The molecule has 4 aromatic rings. The SMILES string of the molecule is Cn1ccc(-c2cc(N(CCO)CCN3CCOCC3)ccc2C=Cc2n[nH]c3ccccc23)c1C(N)=O. The van der Waals surface area contributed by atoms with Crippen molar-refractivity contribution in [3.63, 3.8) is 0 Å². The highest BCUT2D eigenvalue weighted by Crippen LogP contribution is 2.33. The summed E-state index contributed by atoms with van der Waals surface area (Å²) in [6.45, 7) is 5.53. The number of aromatic amines is 1. The number of aryl methyl sites for hydroxylation is 1. The molecule has 0 atom stereocenters. The standard InChI is InChI=1S/C29H34N6O3/c1-33-11-10-23(28(33)29(30)37)25-20-22(35(14-17-36)13-12-34-15-18-38-19-16-34)8-6-21(25)7-9-27-24-4-2-3-5-26(24)31-32-27/h2-11,20,36H,12-19H2,1H3,(H2,30,37)(H,31,32). The van der Waals surface area contributed by atoms with Gasteiger partial charge in [0.2, 0.25) is 0 Å². The number of rotatable bonds is 10. The minimum absolute atomic E-state index is 0.0458. The maximum absolute atomic E-state index is 12.4. The van der Waals surface area contributed by atoms with Crippen molar-refractivity contribution in [2.24, 2.45) is 12.8 Å². The molecule has 4 N–H and O–H groups in total. The molecule has 1 saturated heterocycles. The van der Waals surface area contributed by atoms with Crippen LogP contribution < -0.4 is 10.6 Å². The highest BCUT2D eigenvalue weighted by molar-refractivity contribution is 6.00.